The van der Waals surface area contributed by atoms with Crippen LogP contribution in [0.3, 0.4) is 0 Å². The molecule has 1 aromatic rings. The van der Waals surface area contributed by atoms with E-state index in [9.17, 15) is 13.6 Å². The minimum Gasteiger partial charge on any atom is -0.368 e. The van der Waals surface area contributed by atoms with E-state index in [0.29, 0.717) is 25.2 Å². The second-order valence-corrected chi connectivity index (χ2v) is 5.12. The molecule has 1 aliphatic heterocycles. The number of hydrogen-bond acceptors (Lipinski definition) is 4. The van der Waals surface area contributed by atoms with Crippen LogP contribution in [0.1, 0.15) is 18.9 Å². The molecule has 0 spiro atoms. The molecule has 1 aromatic carbocycles. The number of carbonyl (C=O) groups is 1. The van der Waals surface area contributed by atoms with E-state index in [4.69, 9.17) is 11.0 Å². The molecule has 1 saturated heterocycles. The first kappa shape index (κ1) is 15.2. The molecule has 0 radical (unpaired) electrons. The Balaban J connectivity index is 2.13. The zero-order chi connectivity index (χ0) is 15.6. The molecule has 2 atom stereocenters. The lowest BCUT2D eigenvalue weighted by Gasteiger charge is -2.21. The zero-order valence-electron chi connectivity index (χ0n) is 11.6. The molecule has 1 heterocycles. The minimum absolute atomic E-state index is 0.0769. The highest BCUT2D eigenvalue weighted by molar-refractivity contribution is 5.81. The maximum Gasteiger partial charge on any atom is 0.236 e. The lowest BCUT2D eigenvalue weighted by molar-refractivity contribution is -0.122. The maximum absolute atomic E-state index is 13.4. The summed E-state index contributed by atoms with van der Waals surface area (Å²) in [5, 5.41) is 11.8. The van der Waals surface area contributed by atoms with Gasteiger partial charge >= 0.3 is 0 Å². The van der Waals surface area contributed by atoms with Crippen LogP contribution in [-0.2, 0) is 4.79 Å². The van der Waals surface area contributed by atoms with Gasteiger partial charge in [0.05, 0.1) is 17.3 Å². The first-order chi connectivity index (χ1) is 9.92. The number of nitriles is 1. The smallest absolute Gasteiger partial charge is 0.236 e. The average molecular weight is 294 g/mol. The van der Waals surface area contributed by atoms with Crippen LogP contribution in [0.15, 0.2) is 12.1 Å². The third-order valence-corrected chi connectivity index (χ3v) is 3.45. The Labute approximate surface area is 121 Å². The van der Waals surface area contributed by atoms with Crippen LogP contribution in [-0.4, -0.2) is 31.1 Å². The zero-order valence-corrected chi connectivity index (χ0v) is 11.6. The minimum atomic E-state index is -1.05. The van der Waals surface area contributed by atoms with Gasteiger partial charge in [-0.2, -0.15) is 5.26 Å². The standard InChI is InChI=1S/C14H16F2N4O/c1-8(18)14(21)19-10-2-3-20(7-10)13-5-12(16)11(15)4-9(13)6-17/h4-5,8,10H,2-3,7,18H2,1H3,(H,19,21). The summed E-state index contributed by atoms with van der Waals surface area (Å²) in [5.74, 6) is -2.30. The topological polar surface area (TPSA) is 82.2 Å². The molecule has 21 heavy (non-hydrogen) atoms. The summed E-state index contributed by atoms with van der Waals surface area (Å²) in [6.45, 7) is 2.56. The fourth-order valence-corrected chi connectivity index (χ4v) is 2.32. The van der Waals surface area contributed by atoms with Gasteiger partial charge in [0.1, 0.15) is 6.07 Å². The van der Waals surface area contributed by atoms with Crippen molar-refractivity contribution in [3.05, 3.63) is 29.3 Å². The summed E-state index contributed by atoms with van der Waals surface area (Å²) in [4.78, 5) is 13.3. The van der Waals surface area contributed by atoms with Crippen molar-refractivity contribution in [3.63, 3.8) is 0 Å². The van der Waals surface area contributed by atoms with Gasteiger partial charge in [0, 0.05) is 25.2 Å². The second kappa shape index (κ2) is 6.06. The van der Waals surface area contributed by atoms with Crippen molar-refractivity contribution in [2.45, 2.75) is 25.4 Å². The van der Waals surface area contributed by atoms with Crippen LogP contribution >= 0.6 is 0 Å². The first-order valence-corrected chi connectivity index (χ1v) is 6.62. The fraction of sp³-hybridized carbons (Fsp3) is 0.429. The monoisotopic (exact) mass is 294 g/mol. The number of nitrogens with two attached hydrogens (primary N) is 1. The van der Waals surface area contributed by atoms with Crippen LogP contribution in [0, 0.1) is 23.0 Å². The molecular formula is C14H16F2N4O. The van der Waals surface area contributed by atoms with Crippen LogP contribution in [0.5, 0.6) is 0 Å². The third kappa shape index (κ3) is 3.28. The number of amides is 1. The van der Waals surface area contributed by atoms with Crippen LogP contribution in [0.2, 0.25) is 0 Å². The van der Waals surface area contributed by atoms with E-state index in [2.05, 4.69) is 5.32 Å². The van der Waals surface area contributed by atoms with Crippen molar-refractivity contribution in [3.8, 4) is 6.07 Å². The van der Waals surface area contributed by atoms with Crippen molar-refractivity contribution in [2.24, 2.45) is 5.73 Å². The average Bonchev–Trinajstić information content (AvgIpc) is 2.89. The highest BCUT2D eigenvalue weighted by Gasteiger charge is 2.27. The first-order valence-electron chi connectivity index (χ1n) is 6.62. The van der Waals surface area contributed by atoms with Gasteiger partial charge in [-0.1, -0.05) is 0 Å². The molecule has 7 heteroatoms. The van der Waals surface area contributed by atoms with Gasteiger partial charge in [0.15, 0.2) is 11.6 Å². The molecule has 3 N–H and O–H groups in total. The summed E-state index contributed by atoms with van der Waals surface area (Å²) >= 11 is 0. The van der Waals surface area contributed by atoms with Crippen LogP contribution in [0.25, 0.3) is 0 Å². The van der Waals surface area contributed by atoms with Gasteiger partial charge in [-0.05, 0) is 19.4 Å². The molecule has 1 amide bonds. The van der Waals surface area contributed by atoms with Gasteiger partial charge < -0.3 is 16.0 Å². The predicted octanol–water partition coefficient (Wildman–Crippen LogP) is 0.879. The normalized spacial score (nSPS) is 19.2. The highest BCUT2D eigenvalue weighted by Crippen LogP contribution is 2.26. The number of benzene rings is 1. The number of hydrogen-bond donors (Lipinski definition) is 2. The summed E-state index contributed by atoms with van der Waals surface area (Å²) in [5.41, 5.74) is 5.90. The number of nitrogens with zero attached hydrogens (tertiary/aromatic N) is 2. The summed E-state index contributed by atoms with van der Waals surface area (Å²) < 4.78 is 26.5. The SMILES string of the molecule is CC(N)C(=O)NC1CCN(c2cc(F)c(F)cc2C#N)C1. The third-order valence-electron chi connectivity index (χ3n) is 3.45. The van der Waals surface area contributed by atoms with Gasteiger partial charge in [-0.3, -0.25) is 4.79 Å². The molecule has 0 aromatic heterocycles. The van der Waals surface area contributed by atoms with Gasteiger partial charge in [0.2, 0.25) is 5.91 Å². The van der Waals surface area contributed by atoms with Crippen LogP contribution in [0.4, 0.5) is 14.5 Å². The molecule has 1 fully saturated rings. The van der Waals surface area contributed by atoms with Crippen molar-refractivity contribution >= 4 is 11.6 Å². The summed E-state index contributed by atoms with van der Waals surface area (Å²) in [6.07, 6.45) is 0.655. The highest BCUT2D eigenvalue weighted by atomic mass is 19.2. The maximum atomic E-state index is 13.4. The van der Waals surface area contributed by atoms with E-state index in [0.717, 1.165) is 12.1 Å². The van der Waals surface area contributed by atoms with E-state index in [1.54, 1.807) is 11.8 Å². The Morgan fingerprint density at radius 2 is 2.19 bits per heavy atom. The molecule has 5 nitrogen and oxygen atoms in total. The molecule has 0 saturated carbocycles. The molecular weight excluding hydrogens is 278 g/mol. The van der Waals surface area contributed by atoms with Gasteiger partial charge in [-0.25, -0.2) is 8.78 Å². The number of halogens is 2. The van der Waals surface area contributed by atoms with E-state index < -0.39 is 17.7 Å². The lowest BCUT2D eigenvalue weighted by Crippen LogP contribution is -2.45. The quantitative estimate of drug-likeness (QED) is 0.867. The van der Waals surface area contributed by atoms with E-state index >= 15 is 0 Å². The number of rotatable bonds is 3. The Hall–Kier alpha value is -2.20. The van der Waals surface area contributed by atoms with E-state index in [1.807, 2.05) is 6.07 Å². The molecule has 2 unspecified atom stereocenters. The molecule has 112 valence electrons. The van der Waals surface area contributed by atoms with E-state index in [-0.39, 0.29) is 17.5 Å². The van der Waals surface area contributed by atoms with Crippen molar-refractivity contribution < 1.29 is 13.6 Å². The van der Waals surface area contributed by atoms with Gasteiger partial charge in [0.25, 0.3) is 0 Å². The Morgan fingerprint density at radius 1 is 1.52 bits per heavy atom. The fourth-order valence-electron chi connectivity index (χ4n) is 2.32. The largest absolute Gasteiger partial charge is 0.368 e. The van der Waals surface area contributed by atoms with E-state index in [1.165, 1.54) is 0 Å². The van der Waals surface area contributed by atoms with Crippen molar-refractivity contribution in [1.29, 1.82) is 5.26 Å². The molecule has 0 aliphatic carbocycles. The second-order valence-electron chi connectivity index (χ2n) is 5.12. The Bertz CT molecular complexity index is 597. The Morgan fingerprint density at radius 3 is 2.81 bits per heavy atom. The number of nitrogens with one attached hydrogen (secondary N) is 1. The predicted molar refractivity (Wildman–Crippen MR) is 73.5 cm³/mol. The lowest BCUT2D eigenvalue weighted by atomic mass is 10.1. The van der Waals surface area contributed by atoms with Crippen molar-refractivity contribution in [2.75, 3.05) is 18.0 Å². The number of carbonyl (C=O) groups excluding carboxylic acids is 1. The van der Waals surface area contributed by atoms with Crippen molar-refractivity contribution in [1.82, 2.24) is 5.32 Å². The summed E-state index contributed by atoms with van der Waals surface area (Å²) in [7, 11) is 0. The van der Waals surface area contributed by atoms with Gasteiger partial charge in [-0.15, -0.1) is 0 Å². The van der Waals surface area contributed by atoms with Crippen LogP contribution < -0.4 is 16.0 Å². The molecule has 1 aliphatic rings. The number of anilines is 1. The Kier molecular flexibility index (Phi) is 4.38. The molecule has 0 bridgehead atoms. The molecule has 2 rings (SSSR count). The summed E-state index contributed by atoms with van der Waals surface area (Å²) in [6, 6.07) is 3.04.